The van der Waals surface area contributed by atoms with E-state index >= 15 is 0 Å². The molecule has 0 bridgehead atoms. The van der Waals surface area contributed by atoms with Gasteiger partial charge in [-0.3, -0.25) is 0 Å². The second-order valence-electron chi connectivity index (χ2n) is 8.72. The van der Waals surface area contributed by atoms with Gasteiger partial charge in [0.05, 0.1) is 32.5 Å². The third-order valence-corrected chi connectivity index (χ3v) is 6.12. The SMILES string of the molecule is NCCOCCOCCNc1nc(NCc2ccc3c(c2)OCO3)nc(NC2CCc3ccccc32)n1. The molecule has 196 valence electrons. The van der Waals surface area contributed by atoms with E-state index < -0.39 is 0 Å². The lowest BCUT2D eigenvalue weighted by Crippen LogP contribution is -2.18. The Morgan fingerprint density at radius 1 is 0.865 bits per heavy atom. The minimum Gasteiger partial charge on any atom is -0.454 e. The predicted molar refractivity (Wildman–Crippen MR) is 140 cm³/mol. The molecule has 11 nitrogen and oxygen atoms in total. The second kappa shape index (κ2) is 12.5. The monoisotopic (exact) mass is 507 g/mol. The standard InChI is InChI=1S/C26H33N7O4/c27-9-11-34-13-14-35-12-10-28-24-31-25(29-16-18-5-8-22-23(15-18)37-17-36-22)33-26(32-24)30-21-7-6-19-3-1-2-4-20(19)21/h1-5,8,15,21H,6-7,9-14,16-17,27H2,(H3,28,29,30,31,32,33). The Bertz CT molecular complexity index is 1180. The van der Waals surface area contributed by atoms with Gasteiger partial charge in [0.1, 0.15) is 0 Å². The van der Waals surface area contributed by atoms with E-state index in [0.29, 0.717) is 63.9 Å². The molecule has 2 aliphatic rings. The van der Waals surface area contributed by atoms with Gasteiger partial charge in [0.15, 0.2) is 11.5 Å². The van der Waals surface area contributed by atoms with E-state index in [4.69, 9.17) is 24.7 Å². The summed E-state index contributed by atoms with van der Waals surface area (Å²) in [5.41, 5.74) is 9.10. The van der Waals surface area contributed by atoms with Gasteiger partial charge in [0.25, 0.3) is 0 Å². The van der Waals surface area contributed by atoms with Gasteiger partial charge >= 0.3 is 0 Å². The van der Waals surface area contributed by atoms with Crippen molar-refractivity contribution in [3.8, 4) is 11.5 Å². The van der Waals surface area contributed by atoms with Crippen molar-refractivity contribution in [1.82, 2.24) is 15.0 Å². The molecular formula is C26H33N7O4. The van der Waals surface area contributed by atoms with Crippen molar-refractivity contribution in [2.75, 3.05) is 62.3 Å². The minimum absolute atomic E-state index is 0.157. The largest absolute Gasteiger partial charge is 0.454 e. The first-order chi connectivity index (χ1) is 18.3. The van der Waals surface area contributed by atoms with E-state index in [-0.39, 0.29) is 12.8 Å². The average Bonchev–Trinajstić information content (AvgIpc) is 3.56. The van der Waals surface area contributed by atoms with Crippen LogP contribution in [0.4, 0.5) is 17.8 Å². The summed E-state index contributed by atoms with van der Waals surface area (Å²) in [5, 5.41) is 10.1. The first kappa shape index (κ1) is 25.0. The summed E-state index contributed by atoms with van der Waals surface area (Å²) < 4.78 is 21.8. The van der Waals surface area contributed by atoms with E-state index in [1.54, 1.807) is 0 Å². The molecule has 0 saturated carbocycles. The van der Waals surface area contributed by atoms with E-state index in [1.807, 2.05) is 18.2 Å². The van der Waals surface area contributed by atoms with Gasteiger partial charge in [-0.2, -0.15) is 15.0 Å². The maximum atomic E-state index is 5.60. The summed E-state index contributed by atoms with van der Waals surface area (Å²) in [6.07, 6.45) is 2.03. The smallest absolute Gasteiger partial charge is 0.231 e. The minimum atomic E-state index is 0.157. The second-order valence-corrected chi connectivity index (χ2v) is 8.72. The number of aromatic nitrogens is 3. The Morgan fingerprint density at radius 2 is 1.65 bits per heavy atom. The van der Waals surface area contributed by atoms with Crippen molar-refractivity contribution >= 4 is 17.8 Å². The number of benzene rings is 2. The Kier molecular flexibility index (Phi) is 8.46. The first-order valence-corrected chi connectivity index (χ1v) is 12.6. The van der Waals surface area contributed by atoms with Crippen molar-refractivity contribution in [2.45, 2.75) is 25.4 Å². The summed E-state index contributed by atoms with van der Waals surface area (Å²) in [4.78, 5) is 13.8. The molecule has 11 heteroatoms. The summed E-state index contributed by atoms with van der Waals surface area (Å²) >= 11 is 0. The fraction of sp³-hybridized carbons (Fsp3) is 0.423. The quantitative estimate of drug-likeness (QED) is 0.240. The molecule has 0 saturated heterocycles. The summed E-state index contributed by atoms with van der Waals surface area (Å²) in [6, 6.07) is 14.5. The molecule has 0 radical (unpaired) electrons. The lowest BCUT2D eigenvalue weighted by molar-refractivity contribution is 0.0547. The zero-order chi connectivity index (χ0) is 25.3. The van der Waals surface area contributed by atoms with Crippen molar-refractivity contribution in [3.63, 3.8) is 0 Å². The molecule has 5 N–H and O–H groups in total. The number of hydrogen-bond acceptors (Lipinski definition) is 11. The van der Waals surface area contributed by atoms with Gasteiger partial charge in [-0.25, -0.2) is 0 Å². The molecule has 0 spiro atoms. The van der Waals surface area contributed by atoms with Crippen molar-refractivity contribution in [3.05, 3.63) is 59.2 Å². The van der Waals surface area contributed by atoms with Crippen LogP contribution in [0.5, 0.6) is 11.5 Å². The number of aryl methyl sites for hydroxylation is 1. The van der Waals surface area contributed by atoms with Crippen LogP contribution in [0.15, 0.2) is 42.5 Å². The first-order valence-electron chi connectivity index (χ1n) is 12.6. The number of nitrogens with zero attached hydrogens (tertiary/aromatic N) is 3. The summed E-state index contributed by atoms with van der Waals surface area (Å²) in [5.74, 6) is 2.96. The van der Waals surface area contributed by atoms with Crippen LogP contribution in [-0.2, 0) is 22.4 Å². The van der Waals surface area contributed by atoms with Crippen LogP contribution in [0, 0.1) is 0 Å². The van der Waals surface area contributed by atoms with E-state index in [9.17, 15) is 0 Å². The van der Waals surface area contributed by atoms with E-state index in [2.05, 4.69) is 55.2 Å². The number of hydrogen-bond donors (Lipinski definition) is 4. The van der Waals surface area contributed by atoms with Crippen LogP contribution in [0.25, 0.3) is 0 Å². The summed E-state index contributed by atoms with van der Waals surface area (Å²) in [6.45, 7) is 3.90. The molecule has 1 unspecified atom stereocenters. The maximum Gasteiger partial charge on any atom is 0.231 e. The van der Waals surface area contributed by atoms with Crippen LogP contribution >= 0.6 is 0 Å². The molecule has 37 heavy (non-hydrogen) atoms. The Balaban J connectivity index is 1.23. The number of ether oxygens (including phenoxy) is 4. The Morgan fingerprint density at radius 3 is 2.54 bits per heavy atom. The predicted octanol–water partition coefficient (Wildman–Crippen LogP) is 2.72. The van der Waals surface area contributed by atoms with Gasteiger partial charge in [-0.1, -0.05) is 30.3 Å². The normalized spacial score (nSPS) is 15.4. The highest BCUT2D eigenvalue weighted by Gasteiger charge is 2.23. The third kappa shape index (κ3) is 6.76. The number of rotatable bonds is 14. The van der Waals surface area contributed by atoms with Crippen LogP contribution in [0.2, 0.25) is 0 Å². The Labute approximate surface area is 216 Å². The number of nitrogens with one attached hydrogen (secondary N) is 3. The topological polar surface area (TPSA) is 138 Å². The molecule has 3 aromatic rings. The zero-order valence-corrected chi connectivity index (χ0v) is 20.7. The molecule has 0 amide bonds. The Hall–Kier alpha value is -3.67. The zero-order valence-electron chi connectivity index (χ0n) is 20.7. The molecule has 2 heterocycles. The van der Waals surface area contributed by atoms with Crippen molar-refractivity contribution in [2.24, 2.45) is 5.73 Å². The number of anilines is 3. The maximum absolute atomic E-state index is 5.60. The average molecular weight is 508 g/mol. The van der Waals surface area contributed by atoms with Gasteiger partial charge in [0.2, 0.25) is 24.6 Å². The van der Waals surface area contributed by atoms with Gasteiger partial charge in [0, 0.05) is 19.6 Å². The number of fused-ring (bicyclic) bond motifs is 2. The fourth-order valence-electron chi connectivity index (χ4n) is 4.33. The molecule has 1 aliphatic heterocycles. The molecule has 0 fully saturated rings. The molecule has 1 aromatic heterocycles. The van der Waals surface area contributed by atoms with Crippen LogP contribution in [0.3, 0.4) is 0 Å². The fourth-order valence-corrected chi connectivity index (χ4v) is 4.33. The lowest BCUT2D eigenvalue weighted by atomic mass is 10.1. The van der Waals surface area contributed by atoms with Crippen molar-refractivity contribution in [1.29, 1.82) is 0 Å². The highest BCUT2D eigenvalue weighted by molar-refractivity contribution is 5.48. The highest BCUT2D eigenvalue weighted by Crippen LogP contribution is 2.34. The van der Waals surface area contributed by atoms with Gasteiger partial charge in [-0.05, 0) is 41.7 Å². The summed E-state index contributed by atoms with van der Waals surface area (Å²) in [7, 11) is 0. The molecule has 5 rings (SSSR count). The molecule has 1 aliphatic carbocycles. The van der Waals surface area contributed by atoms with Crippen molar-refractivity contribution < 1.29 is 18.9 Å². The lowest BCUT2D eigenvalue weighted by Gasteiger charge is -2.16. The third-order valence-electron chi connectivity index (χ3n) is 6.12. The van der Waals surface area contributed by atoms with Crippen LogP contribution in [-0.4, -0.2) is 61.3 Å². The van der Waals surface area contributed by atoms with Crippen LogP contribution in [0.1, 0.15) is 29.2 Å². The van der Waals surface area contributed by atoms with Crippen LogP contribution < -0.4 is 31.2 Å². The molecular weight excluding hydrogens is 474 g/mol. The van der Waals surface area contributed by atoms with Gasteiger partial charge < -0.3 is 40.6 Å². The molecule has 2 aromatic carbocycles. The number of nitrogens with two attached hydrogens (primary N) is 1. The van der Waals surface area contributed by atoms with E-state index in [1.165, 1.54) is 11.1 Å². The van der Waals surface area contributed by atoms with Gasteiger partial charge in [-0.15, -0.1) is 0 Å². The highest BCUT2D eigenvalue weighted by atomic mass is 16.7. The van der Waals surface area contributed by atoms with E-state index in [0.717, 1.165) is 29.9 Å². The molecule has 1 atom stereocenters.